The Morgan fingerprint density at radius 2 is 1.72 bits per heavy atom. The molecule has 0 spiro atoms. The molecule has 180 valence electrons. The zero-order valence-electron chi connectivity index (χ0n) is 20.1. The van der Waals surface area contributed by atoms with Crippen molar-refractivity contribution >= 4 is 12.4 Å². The average molecular weight is 462 g/mol. The number of aliphatic hydroxyl groups excluding tert-OH is 1. The zero-order chi connectivity index (χ0) is 21.5. The van der Waals surface area contributed by atoms with Crippen molar-refractivity contribution in [3.05, 3.63) is 30.3 Å². The van der Waals surface area contributed by atoms with Crippen molar-refractivity contribution in [1.29, 1.82) is 0 Å². The number of fused-ring (bicyclic) bond motifs is 5. The molecule has 3 nitrogen and oxygen atoms in total. The van der Waals surface area contributed by atoms with E-state index in [1.807, 2.05) is 30.3 Å². The molecule has 4 fully saturated rings. The molecule has 0 saturated heterocycles. The van der Waals surface area contributed by atoms with E-state index in [0.29, 0.717) is 30.0 Å². The molecule has 32 heavy (non-hydrogen) atoms. The summed E-state index contributed by atoms with van der Waals surface area (Å²) in [6.45, 7) is 6.23. The molecular weight excluding hydrogens is 418 g/mol. The summed E-state index contributed by atoms with van der Waals surface area (Å²) in [4.78, 5) is 0. The first-order chi connectivity index (χ1) is 15.0. The number of hydrogen-bond acceptors (Lipinski definition) is 3. The number of halogens is 1. The van der Waals surface area contributed by atoms with Gasteiger partial charge in [-0.25, -0.2) is 0 Å². The summed E-state index contributed by atoms with van der Waals surface area (Å²) in [7, 11) is 0. The standard InChI is InChI=1S/C28H43NO2.ClH/c1-27-16-7-6-8-20(27)11-12-23-24-13-14-26(28(24,2)17-15-25(23)27)29-18-21(30)19-31-22-9-4-3-5-10-22;/h3-5,9-10,20-21,23-26,29-30H,6-8,11-19H2,1-2H3;1H. The molecule has 0 aromatic heterocycles. The second kappa shape index (κ2) is 9.84. The molecule has 0 heterocycles. The van der Waals surface area contributed by atoms with Crippen LogP contribution in [0.5, 0.6) is 5.75 Å². The molecule has 0 aliphatic heterocycles. The normalized spacial score (nSPS) is 41.5. The molecule has 0 radical (unpaired) electrons. The third-order valence-electron chi connectivity index (χ3n) is 10.4. The molecule has 2 N–H and O–H groups in total. The Morgan fingerprint density at radius 3 is 2.53 bits per heavy atom. The number of hydrogen-bond donors (Lipinski definition) is 2. The van der Waals surface area contributed by atoms with Gasteiger partial charge in [-0.15, -0.1) is 12.4 Å². The fourth-order valence-electron chi connectivity index (χ4n) is 8.68. The number of ether oxygens (including phenoxy) is 1. The van der Waals surface area contributed by atoms with Gasteiger partial charge >= 0.3 is 0 Å². The minimum absolute atomic E-state index is 0. The fourth-order valence-corrected chi connectivity index (χ4v) is 8.68. The van der Waals surface area contributed by atoms with E-state index in [2.05, 4.69) is 19.2 Å². The minimum atomic E-state index is -0.462. The van der Waals surface area contributed by atoms with E-state index in [1.54, 1.807) is 0 Å². The smallest absolute Gasteiger partial charge is 0.119 e. The molecule has 8 atom stereocenters. The molecule has 1 aromatic carbocycles. The predicted octanol–water partition coefficient (Wildman–Crippen LogP) is 6.24. The summed E-state index contributed by atoms with van der Waals surface area (Å²) in [6, 6.07) is 10.4. The first-order valence-corrected chi connectivity index (χ1v) is 13.1. The van der Waals surface area contributed by atoms with E-state index < -0.39 is 6.10 Å². The van der Waals surface area contributed by atoms with Crippen LogP contribution in [0.3, 0.4) is 0 Å². The Balaban J connectivity index is 0.00000245. The molecule has 4 aliphatic rings. The topological polar surface area (TPSA) is 41.5 Å². The highest BCUT2D eigenvalue weighted by atomic mass is 35.5. The minimum Gasteiger partial charge on any atom is -0.491 e. The van der Waals surface area contributed by atoms with Gasteiger partial charge in [-0.05, 0) is 98.0 Å². The Kier molecular flexibility index (Phi) is 7.49. The summed E-state index contributed by atoms with van der Waals surface area (Å²) < 4.78 is 5.76. The molecule has 4 heteroatoms. The van der Waals surface area contributed by atoms with Crippen molar-refractivity contribution in [3.63, 3.8) is 0 Å². The van der Waals surface area contributed by atoms with Crippen molar-refractivity contribution in [2.24, 2.45) is 34.5 Å². The van der Waals surface area contributed by atoms with Crippen LogP contribution in [0.1, 0.15) is 78.1 Å². The monoisotopic (exact) mass is 461 g/mol. The van der Waals surface area contributed by atoms with Crippen molar-refractivity contribution in [3.8, 4) is 5.75 Å². The van der Waals surface area contributed by atoms with E-state index in [0.717, 1.165) is 29.4 Å². The molecule has 4 aliphatic carbocycles. The second-order valence-corrected chi connectivity index (χ2v) is 11.8. The van der Waals surface area contributed by atoms with Gasteiger partial charge in [-0.2, -0.15) is 0 Å². The van der Waals surface area contributed by atoms with Crippen LogP contribution in [-0.2, 0) is 0 Å². The van der Waals surface area contributed by atoms with Crippen molar-refractivity contribution in [1.82, 2.24) is 5.32 Å². The van der Waals surface area contributed by atoms with Gasteiger partial charge < -0.3 is 15.2 Å². The largest absolute Gasteiger partial charge is 0.491 e. The molecule has 1 aromatic rings. The van der Waals surface area contributed by atoms with Crippen LogP contribution in [0.25, 0.3) is 0 Å². The van der Waals surface area contributed by atoms with Gasteiger partial charge in [-0.3, -0.25) is 0 Å². The van der Waals surface area contributed by atoms with Gasteiger partial charge in [0.25, 0.3) is 0 Å². The Labute approximate surface area is 201 Å². The third kappa shape index (κ3) is 4.34. The van der Waals surface area contributed by atoms with Crippen LogP contribution >= 0.6 is 12.4 Å². The molecule has 4 saturated carbocycles. The second-order valence-electron chi connectivity index (χ2n) is 11.8. The maximum absolute atomic E-state index is 10.5. The maximum Gasteiger partial charge on any atom is 0.119 e. The van der Waals surface area contributed by atoms with E-state index in [4.69, 9.17) is 4.74 Å². The van der Waals surface area contributed by atoms with Crippen molar-refractivity contribution < 1.29 is 9.84 Å². The van der Waals surface area contributed by atoms with E-state index in [-0.39, 0.29) is 12.4 Å². The van der Waals surface area contributed by atoms with Crippen LogP contribution in [0.4, 0.5) is 0 Å². The number of para-hydroxylation sites is 1. The lowest BCUT2D eigenvalue weighted by Gasteiger charge is -2.60. The van der Waals surface area contributed by atoms with Gasteiger partial charge in [0.15, 0.2) is 0 Å². The highest BCUT2D eigenvalue weighted by molar-refractivity contribution is 5.85. The van der Waals surface area contributed by atoms with Crippen molar-refractivity contribution in [2.75, 3.05) is 13.2 Å². The quantitative estimate of drug-likeness (QED) is 0.526. The number of rotatable bonds is 6. The highest BCUT2D eigenvalue weighted by Gasteiger charge is 2.59. The maximum atomic E-state index is 10.5. The summed E-state index contributed by atoms with van der Waals surface area (Å²) in [6.07, 6.45) is 13.9. The molecule has 0 amide bonds. The van der Waals surface area contributed by atoms with E-state index >= 15 is 0 Å². The van der Waals surface area contributed by atoms with Gasteiger partial charge in [0.1, 0.15) is 18.5 Å². The molecule has 0 bridgehead atoms. The summed E-state index contributed by atoms with van der Waals surface area (Å²) in [5.41, 5.74) is 1.03. The highest BCUT2D eigenvalue weighted by Crippen LogP contribution is 2.66. The van der Waals surface area contributed by atoms with E-state index in [9.17, 15) is 5.11 Å². The first kappa shape index (κ1) is 24.4. The van der Waals surface area contributed by atoms with Crippen molar-refractivity contribution in [2.45, 2.75) is 90.2 Å². The van der Waals surface area contributed by atoms with Crippen LogP contribution in [0, 0.1) is 34.5 Å². The van der Waals surface area contributed by atoms with Crippen LogP contribution < -0.4 is 10.1 Å². The number of aliphatic hydroxyl groups is 1. The fraction of sp³-hybridized carbons (Fsp3) is 0.786. The molecule has 8 unspecified atom stereocenters. The van der Waals surface area contributed by atoms with Crippen LogP contribution in [0.15, 0.2) is 30.3 Å². The Morgan fingerprint density at radius 1 is 0.938 bits per heavy atom. The zero-order valence-corrected chi connectivity index (χ0v) is 20.9. The Bertz CT molecular complexity index is 744. The van der Waals surface area contributed by atoms with Gasteiger partial charge in [0.05, 0.1) is 0 Å². The Hall–Kier alpha value is -0.770. The summed E-state index contributed by atoms with van der Waals surface area (Å²) in [5, 5.41) is 14.3. The first-order valence-electron chi connectivity index (χ1n) is 13.1. The third-order valence-corrected chi connectivity index (χ3v) is 10.4. The lowest BCUT2D eigenvalue weighted by atomic mass is 9.45. The van der Waals surface area contributed by atoms with E-state index in [1.165, 1.54) is 64.2 Å². The van der Waals surface area contributed by atoms with Crippen LogP contribution in [0.2, 0.25) is 0 Å². The lowest BCUT2D eigenvalue weighted by molar-refractivity contribution is -0.107. The van der Waals surface area contributed by atoms with Gasteiger partial charge in [0.2, 0.25) is 0 Å². The van der Waals surface area contributed by atoms with Gasteiger partial charge in [0, 0.05) is 12.6 Å². The number of nitrogens with one attached hydrogen (secondary N) is 1. The summed E-state index contributed by atoms with van der Waals surface area (Å²) >= 11 is 0. The predicted molar refractivity (Wildman–Crippen MR) is 133 cm³/mol. The van der Waals surface area contributed by atoms with Gasteiger partial charge in [-0.1, -0.05) is 44.9 Å². The number of benzene rings is 1. The molecule has 5 rings (SSSR count). The summed E-state index contributed by atoms with van der Waals surface area (Å²) in [5.74, 6) is 4.62. The lowest BCUT2D eigenvalue weighted by Crippen LogP contribution is -2.55. The molecular formula is C28H44ClNO2. The average Bonchev–Trinajstić information content (AvgIpc) is 3.13. The van der Waals surface area contributed by atoms with Crippen LogP contribution in [-0.4, -0.2) is 30.4 Å². The SMILES string of the molecule is CC12CCCCC1CCC1C2CCC2(C)C(NCC(O)COc3ccccc3)CCC12.Cl.